The molecule has 76 valence electrons. The van der Waals surface area contributed by atoms with Crippen molar-refractivity contribution in [3.05, 3.63) is 12.2 Å². The van der Waals surface area contributed by atoms with Crippen molar-refractivity contribution >= 4 is 0 Å². The van der Waals surface area contributed by atoms with Crippen molar-refractivity contribution in [1.29, 1.82) is 0 Å². The minimum Gasteiger partial charge on any atom is -0.392 e. The summed E-state index contributed by atoms with van der Waals surface area (Å²) >= 11 is 0. The van der Waals surface area contributed by atoms with Gasteiger partial charge in [-0.1, -0.05) is 38.3 Å². The molecule has 0 radical (unpaired) electrons. The summed E-state index contributed by atoms with van der Waals surface area (Å²) in [4.78, 5) is 0. The lowest BCUT2D eigenvalue weighted by atomic mass is 9.81. The van der Waals surface area contributed by atoms with Crippen LogP contribution >= 0.6 is 0 Å². The molecule has 1 fully saturated rings. The Kier molecular flexibility index (Phi) is 4.51. The van der Waals surface area contributed by atoms with Crippen LogP contribution in [-0.2, 0) is 0 Å². The van der Waals surface area contributed by atoms with Crippen molar-refractivity contribution in [1.82, 2.24) is 0 Å². The predicted molar refractivity (Wildman–Crippen MR) is 56.6 cm³/mol. The summed E-state index contributed by atoms with van der Waals surface area (Å²) < 4.78 is 0. The molecule has 0 spiro atoms. The second-order valence-electron chi connectivity index (χ2n) is 4.27. The van der Waals surface area contributed by atoms with Gasteiger partial charge in [-0.15, -0.1) is 0 Å². The first kappa shape index (κ1) is 10.8. The maximum atomic E-state index is 10.0. The normalized spacial score (nSPS) is 24.8. The molecule has 1 heteroatoms. The SMILES string of the molecule is C/C=C\[C@H](C)[C@H](O)C1CCCCC1. The highest BCUT2D eigenvalue weighted by atomic mass is 16.3. The molecule has 2 atom stereocenters. The standard InChI is InChI=1S/C12H22O/c1-3-7-10(2)12(13)11-8-5-4-6-9-11/h3,7,10-13H,4-6,8-9H2,1-2H3/b7-3-/t10-,12-/m0/s1. The Morgan fingerprint density at radius 1 is 1.23 bits per heavy atom. The van der Waals surface area contributed by atoms with E-state index in [0.717, 1.165) is 0 Å². The molecule has 0 unspecified atom stereocenters. The van der Waals surface area contributed by atoms with Gasteiger partial charge in [-0.2, -0.15) is 0 Å². The Bertz CT molecular complexity index is 157. The highest BCUT2D eigenvalue weighted by Crippen LogP contribution is 2.29. The second kappa shape index (κ2) is 5.43. The van der Waals surface area contributed by atoms with Gasteiger partial charge in [-0.05, 0) is 25.7 Å². The van der Waals surface area contributed by atoms with E-state index in [4.69, 9.17) is 0 Å². The summed E-state index contributed by atoms with van der Waals surface area (Å²) in [5.74, 6) is 0.882. The summed E-state index contributed by atoms with van der Waals surface area (Å²) in [5, 5.41) is 10.0. The third kappa shape index (κ3) is 3.15. The van der Waals surface area contributed by atoms with Crippen molar-refractivity contribution in [2.24, 2.45) is 11.8 Å². The molecule has 1 rings (SSSR count). The van der Waals surface area contributed by atoms with Gasteiger partial charge in [0.25, 0.3) is 0 Å². The molecule has 1 nitrogen and oxygen atoms in total. The van der Waals surface area contributed by atoms with Crippen LogP contribution in [0.3, 0.4) is 0 Å². The third-order valence-electron chi connectivity index (χ3n) is 3.17. The average Bonchev–Trinajstić information content (AvgIpc) is 2.18. The van der Waals surface area contributed by atoms with Gasteiger partial charge in [-0.3, -0.25) is 0 Å². The van der Waals surface area contributed by atoms with Gasteiger partial charge in [-0.25, -0.2) is 0 Å². The Morgan fingerprint density at radius 3 is 2.38 bits per heavy atom. The van der Waals surface area contributed by atoms with Gasteiger partial charge in [0.1, 0.15) is 0 Å². The summed E-state index contributed by atoms with van der Waals surface area (Å²) in [6.07, 6.45) is 10.5. The van der Waals surface area contributed by atoms with Crippen molar-refractivity contribution in [2.45, 2.75) is 52.1 Å². The lowest BCUT2D eigenvalue weighted by molar-refractivity contribution is 0.0556. The topological polar surface area (TPSA) is 20.2 Å². The van der Waals surface area contributed by atoms with E-state index in [-0.39, 0.29) is 6.10 Å². The Labute approximate surface area is 81.9 Å². The summed E-state index contributed by atoms with van der Waals surface area (Å²) in [5.41, 5.74) is 0. The maximum absolute atomic E-state index is 10.0. The summed E-state index contributed by atoms with van der Waals surface area (Å²) in [6, 6.07) is 0. The fourth-order valence-electron chi connectivity index (χ4n) is 2.32. The van der Waals surface area contributed by atoms with E-state index in [2.05, 4.69) is 13.0 Å². The first-order valence-electron chi connectivity index (χ1n) is 5.56. The zero-order valence-corrected chi connectivity index (χ0v) is 8.87. The zero-order chi connectivity index (χ0) is 9.68. The molecule has 1 aliphatic carbocycles. The van der Waals surface area contributed by atoms with Gasteiger partial charge in [0.15, 0.2) is 0 Å². The predicted octanol–water partition coefficient (Wildman–Crippen LogP) is 3.14. The number of hydrogen-bond acceptors (Lipinski definition) is 1. The van der Waals surface area contributed by atoms with Crippen LogP contribution < -0.4 is 0 Å². The van der Waals surface area contributed by atoms with Gasteiger partial charge in [0, 0.05) is 5.92 Å². The molecule has 13 heavy (non-hydrogen) atoms. The monoisotopic (exact) mass is 182 g/mol. The number of rotatable bonds is 3. The number of aliphatic hydroxyl groups is 1. The quantitative estimate of drug-likeness (QED) is 0.665. The molecule has 1 aliphatic rings. The number of aliphatic hydroxyl groups excluding tert-OH is 1. The molecule has 0 aliphatic heterocycles. The van der Waals surface area contributed by atoms with Crippen LogP contribution in [0.25, 0.3) is 0 Å². The van der Waals surface area contributed by atoms with Gasteiger partial charge in [0.05, 0.1) is 6.10 Å². The van der Waals surface area contributed by atoms with Crippen molar-refractivity contribution < 1.29 is 5.11 Å². The molecule has 0 aromatic carbocycles. The van der Waals surface area contributed by atoms with Crippen molar-refractivity contribution in [2.75, 3.05) is 0 Å². The minimum absolute atomic E-state index is 0.114. The van der Waals surface area contributed by atoms with Crippen LogP contribution in [0.15, 0.2) is 12.2 Å². The van der Waals surface area contributed by atoms with Crippen LogP contribution in [0.1, 0.15) is 46.0 Å². The van der Waals surface area contributed by atoms with E-state index in [1.807, 2.05) is 13.0 Å². The molecular formula is C12H22O. The molecule has 0 amide bonds. The van der Waals surface area contributed by atoms with Crippen LogP contribution in [0.4, 0.5) is 0 Å². The summed E-state index contributed by atoms with van der Waals surface area (Å²) in [6.45, 7) is 4.13. The largest absolute Gasteiger partial charge is 0.392 e. The number of hydrogen-bond donors (Lipinski definition) is 1. The molecule has 0 aromatic heterocycles. The highest BCUT2D eigenvalue weighted by Gasteiger charge is 2.24. The maximum Gasteiger partial charge on any atom is 0.0628 e. The zero-order valence-electron chi connectivity index (χ0n) is 8.87. The van der Waals surface area contributed by atoms with E-state index >= 15 is 0 Å². The third-order valence-corrected chi connectivity index (χ3v) is 3.17. The summed E-state index contributed by atoms with van der Waals surface area (Å²) in [7, 11) is 0. The fourth-order valence-corrected chi connectivity index (χ4v) is 2.32. The van der Waals surface area contributed by atoms with E-state index in [0.29, 0.717) is 11.8 Å². The molecule has 0 saturated heterocycles. The van der Waals surface area contributed by atoms with Gasteiger partial charge >= 0.3 is 0 Å². The smallest absolute Gasteiger partial charge is 0.0628 e. The Hall–Kier alpha value is -0.300. The van der Waals surface area contributed by atoms with Crippen LogP contribution in [-0.4, -0.2) is 11.2 Å². The molecule has 0 aromatic rings. The van der Waals surface area contributed by atoms with E-state index in [9.17, 15) is 5.11 Å². The Balaban J connectivity index is 2.39. The molecule has 1 saturated carbocycles. The minimum atomic E-state index is -0.114. The van der Waals surface area contributed by atoms with Crippen molar-refractivity contribution in [3.8, 4) is 0 Å². The number of allylic oxidation sites excluding steroid dienone is 1. The first-order valence-corrected chi connectivity index (χ1v) is 5.56. The van der Waals surface area contributed by atoms with Crippen molar-refractivity contribution in [3.63, 3.8) is 0 Å². The fraction of sp³-hybridized carbons (Fsp3) is 0.833. The average molecular weight is 182 g/mol. The van der Waals surface area contributed by atoms with Crippen LogP contribution in [0.2, 0.25) is 0 Å². The van der Waals surface area contributed by atoms with Crippen LogP contribution in [0.5, 0.6) is 0 Å². The highest BCUT2D eigenvalue weighted by molar-refractivity contribution is 4.90. The molecule has 0 heterocycles. The molecule has 0 bridgehead atoms. The van der Waals surface area contributed by atoms with Gasteiger partial charge in [0.2, 0.25) is 0 Å². The van der Waals surface area contributed by atoms with Crippen LogP contribution in [0, 0.1) is 11.8 Å². The van der Waals surface area contributed by atoms with E-state index in [1.165, 1.54) is 32.1 Å². The molecule has 1 N–H and O–H groups in total. The second-order valence-corrected chi connectivity index (χ2v) is 4.27. The first-order chi connectivity index (χ1) is 6.25. The Morgan fingerprint density at radius 2 is 1.85 bits per heavy atom. The lowest BCUT2D eigenvalue weighted by Crippen LogP contribution is -2.28. The van der Waals surface area contributed by atoms with E-state index in [1.54, 1.807) is 0 Å². The molecular weight excluding hydrogens is 160 g/mol. The lowest BCUT2D eigenvalue weighted by Gasteiger charge is -2.29. The van der Waals surface area contributed by atoms with E-state index < -0.39 is 0 Å². The van der Waals surface area contributed by atoms with Gasteiger partial charge < -0.3 is 5.11 Å².